The van der Waals surface area contributed by atoms with Gasteiger partial charge in [-0.05, 0) is 64.2 Å². The lowest BCUT2D eigenvalue weighted by Gasteiger charge is -2.16. The Morgan fingerprint density at radius 2 is 2.00 bits per heavy atom. The second-order valence-corrected chi connectivity index (χ2v) is 5.46. The minimum atomic E-state index is 0.473. The summed E-state index contributed by atoms with van der Waals surface area (Å²) < 4.78 is 0. The highest BCUT2D eigenvalue weighted by atomic mass is 32.1. The fourth-order valence-corrected chi connectivity index (χ4v) is 3.14. The van der Waals surface area contributed by atoms with Crippen molar-refractivity contribution in [1.29, 1.82) is 0 Å². The molecule has 2 aromatic rings. The molecule has 2 heterocycles. The Morgan fingerprint density at radius 3 is 2.62 bits per heavy atom. The molecule has 0 aliphatic heterocycles. The summed E-state index contributed by atoms with van der Waals surface area (Å²) in [6, 6.07) is 4.92. The molecule has 0 fully saturated rings. The molecule has 0 aromatic carbocycles. The molecular formula is C13H17NS2. The Balaban J connectivity index is 2.03. The van der Waals surface area contributed by atoms with Crippen molar-refractivity contribution in [3.8, 4) is 0 Å². The minimum Gasteiger partial charge on any atom is -0.310 e. The highest BCUT2D eigenvalue weighted by Gasteiger charge is 2.11. The van der Waals surface area contributed by atoms with E-state index in [2.05, 4.69) is 45.9 Å². The lowest BCUT2D eigenvalue weighted by Crippen LogP contribution is -2.23. The molecule has 0 spiro atoms. The third-order valence-corrected chi connectivity index (χ3v) is 4.04. The second kappa shape index (κ2) is 6.18. The van der Waals surface area contributed by atoms with E-state index in [-0.39, 0.29) is 0 Å². The fourth-order valence-electron chi connectivity index (χ4n) is 1.74. The van der Waals surface area contributed by atoms with E-state index in [0.29, 0.717) is 6.04 Å². The average Bonchev–Trinajstić information content (AvgIpc) is 2.96. The average molecular weight is 251 g/mol. The van der Waals surface area contributed by atoms with Crippen LogP contribution in [0.15, 0.2) is 33.7 Å². The lowest BCUT2D eigenvalue weighted by atomic mass is 10.0. The van der Waals surface area contributed by atoms with Gasteiger partial charge in [0.15, 0.2) is 0 Å². The first-order chi connectivity index (χ1) is 7.90. The molecule has 1 unspecified atom stereocenters. The molecule has 0 radical (unpaired) electrons. The van der Waals surface area contributed by atoms with Crippen molar-refractivity contribution in [3.05, 3.63) is 44.8 Å². The van der Waals surface area contributed by atoms with E-state index in [9.17, 15) is 0 Å². The van der Waals surface area contributed by atoms with Crippen molar-refractivity contribution in [2.45, 2.75) is 25.8 Å². The van der Waals surface area contributed by atoms with Crippen LogP contribution in [-0.4, -0.2) is 6.54 Å². The standard InChI is InChI=1S/C13H17NS2/c1-2-5-14-13(12-4-7-16-10-12)8-11-3-6-15-9-11/h3-4,6-7,9-10,13-14H,2,5,8H2,1H3. The molecule has 0 aliphatic rings. The van der Waals surface area contributed by atoms with E-state index in [1.807, 2.05) is 0 Å². The van der Waals surface area contributed by atoms with Gasteiger partial charge in [0, 0.05) is 6.04 Å². The first-order valence-corrected chi connectivity index (χ1v) is 7.55. The summed E-state index contributed by atoms with van der Waals surface area (Å²) in [5.41, 5.74) is 2.86. The zero-order valence-corrected chi connectivity index (χ0v) is 11.1. The molecule has 16 heavy (non-hydrogen) atoms. The molecule has 0 bridgehead atoms. The van der Waals surface area contributed by atoms with Gasteiger partial charge >= 0.3 is 0 Å². The van der Waals surface area contributed by atoms with Gasteiger partial charge in [0.1, 0.15) is 0 Å². The molecule has 0 amide bonds. The van der Waals surface area contributed by atoms with E-state index in [1.165, 1.54) is 17.5 Å². The zero-order valence-electron chi connectivity index (χ0n) is 9.48. The van der Waals surface area contributed by atoms with Crippen LogP contribution in [0.3, 0.4) is 0 Å². The predicted molar refractivity (Wildman–Crippen MR) is 73.4 cm³/mol. The summed E-state index contributed by atoms with van der Waals surface area (Å²) >= 11 is 3.55. The van der Waals surface area contributed by atoms with Gasteiger partial charge in [-0.25, -0.2) is 0 Å². The summed E-state index contributed by atoms with van der Waals surface area (Å²) in [7, 11) is 0. The second-order valence-electron chi connectivity index (χ2n) is 3.90. The quantitative estimate of drug-likeness (QED) is 0.815. The summed E-state index contributed by atoms with van der Waals surface area (Å²) in [5, 5.41) is 12.4. The third-order valence-electron chi connectivity index (χ3n) is 2.61. The Hall–Kier alpha value is -0.640. The molecule has 0 saturated heterocycles. The summed E-state index contributed by atoms with van der Waals surface area (Å²) in [6.45, 7) is 3.30. The summed E-state index contributed by atoms with van der Waals surface area (Å²) in [5.74, 6) is 0. The molecule has 2 aromatic heterocycles. The maximum Gasteiger partial charge on any atom is 0.0369 e. The summed E-state index contributed by atoms with van der Waals surface area (Å²) in [6.07, 6.45) is 2.28. The number of hydrogen-bond donors (Lipinski definition) is 1. The smallest absolute Gasteiger partial charge is 0.0369 e. The topological polar surface area (TPSA) is 12.0 Å². The number of thiophene rings is 2. The first-order valence-electron chi connectivity index (χ1n) is 5.66. The Morgan fingerprint density at radius 1 is 1.19 bits per heavy atom. The van der Waals surface area contributed by atoms with Crippen LogP contribution < -0.4 is 5.32 Å². The van der Waals surface area contributed by atoms with Crippen molar-refractivity contribution >= 4 is 22.7 Å². The van der Waals surface area contributed by atoms with Gasteiger partial charge in [-0.15, -0.1) is 0 Å². The third kappa shape index (κ3) is 3.17. The lowest BCUT2D eigenvalue weighted by molar-refractivity contribution is 0.531. The van der Waals surface area contributed by atoms with Gasteiger partial charge in [-0.1, -0.05) is 6.92 Å². The van der Waals surface area contributed by atoms with Crippen molar-refractivity contribution in [2.75, 3.05) is 6.54 Å². The van der Waals surface area contributed by atoms with Gasteiger partial charge < -0.3 is 5.32 Å². The van der Waals surface area contributed by atoms with Crippen LogP contribution in [0.2, 0.25) is 0 Å². The van der Waals surface area contributed by atoms with Gasteiger partial charge in [0.25, 0.3) is 0 Å². The fraction of sp³-hybridized carbons (Fsp3) is 0.385. The van der Waals surface area contributed by atoms with Gasteiger partial charge in [0.05, 0.1) is 0 Å². The van der Waals surface area contributed by atoms with Gasteiger partial charge in [-0.3, -0.25) is 0 Å². The van der Waals surface area contributed by atoms with Crippen LogP contribution in [0.25, 0.3) is 0 Å². The Labute approximate surface area is 105 Å². The number of rotatable bonds is 6. The Bertz CT molecular complexity index is 378. The largest absolute Gasteiger partial charge is 0.310 e. The highest BCUT2D eigenvalue weighted by Crippen LogP contribution is 2.22. The maximum atomic E-state index is 3.62. The SMILES string of the molecule is CCCNC(Cc1ccsc1)c1ccsc1. The van der Waals surface area contributed by atoms with Crippen LogP contribution in [0, 0.1) is 0 Å². The van der Waals surface area contributed by atoms with Gasteiger partial charge in [0.2, 0.25) is 0 Å². The van der Waals surface area contributed by atoms with Crippen molar-refractivity contribution in [2.24, 2.45) is 0 Å². The molecule has 1 atom stereocenters. The Kier molecular flexibility index (Phi) is 4.57. The molecule has 3 heteroatoms. The molecule has 86 valence electrons. The normalized spacial score (nSPS) is 12.8. The number of hydrogen-bond acceptors (Lipinski definition) is 3. The van der Waals surface area contributed by atoms with Crippen LogP contribution in [0.4, 0.5) is 0 Å². The first kappa shape index (κ1) is 11.8. The predicted octanol–water partition coefficient (Wildman–Crippen LogP) is 4.09. The molecular weight excluding hydrogens is 234 g/mol. The molecule has 1 N–H and O–H groups in total. The van der Waals surface area contributed by atoms with E-state index >= 15 is 0 Å². The van der Waals surface area contributed by atoms with Crippen LogP contribution in [0.1, 0.15) is 30.5 Å². The minimum absolute atomic E-state index is 0.473. The highest BCUT2D eigenvalue weighted by molar-refractivity contribution is 7.08. The number of nitrogens with one attached hydrogen (secondary N) is 1. The monoisotopic (exact) mass is 251 g/mol. The van der Waals surface area contributed by atoms with E-state index in [4.69, 9.17) is 0 Å². The molecule has 1 nitrogen and oxygen atoms in total. The van der Waals surface area contributed by atoms with Crippen LogP contribution >= 0.6 is 22.7 Å². The van der Waals surface area contributed by atoms with Gasteiger partial charge in [-0.2, -0.15) is 22.7 Å². The van der Waals surface area contributed by atoms with Crippen LogP contribution in [0.5, 0.6) is 0 Å². The maximum absolute atomic E-state index is 3.62. The van der Waals surface area contributed by atoms with E-state index in [0.717, 1.165) is 13.0 Å². The molecule has 0 aliphatic carbocycles. The van der Waals surface area contributed by atoms with E-state index < -0.39 is 0 Å². The van der Waals surface area contributed by atoms with Crippen molar-refractivity contribution in [1.82, 2.24) is 5.32 Å². The van der Waals surface area contributed by atoms with Crippen molar-refractivity contribution in [3.63, 3.8) is 0 Å². The van der Waals surface area contributed by atoms with Crippen LogP contribution in [-0.2, 0) is 6.42 Å². The summed E-state index contributed by atoms with van der Waals surface area (Å²) in [4.78, 5) is 0. The molecule has 2 rings (SSSR count). The zero-order chi connectivity index (χ0) is 11.2. The van der Waals surface area contributed by atoms with Crippen molar-refractivity contribution < 1.29 is 0 Å². The van der Waals surface area contributed by atoms with E-state index in [1.54, 1.807) is 22.7 Å². The molecule has 0 saturated carbocycles.